The van der Waals surface area contributed by atoms with Gasteiger partial charge >= 0.3 is 17.1 Å². The van der Waals surface area contributed by atoms with E-state index in [1.165, 1.54) is 6.92 Å². The standard InChI is InChI=1S/C13H18F4O4S/c1-10(2)7-4-8(10)6-11(3,5-7)20-9(18)12(14,22-21-19)13(15,16)17/h7-8,19H,4-6H2,1-3H3. The first-order valence-electron chi connectivity index (χ1n) is 6.84. The number of rotatable bonds is 4. The molecule has 3 rings (SSSR count). The predicted octanol–water partition coefficient (Wildman–Crippen LogP) is 4.11. The summed E-state index contributed by atoms with van der Waals surface area (Å²) in [6.45, 7) is 5.65. The molecule has 0 aromatic rings. The molecule has 1 N–H and O–H groups in total. The zero-order valence-corrected chi connectivity index (χ0v) is 13.2. The summed E-state index contributed by atoms with van der Waals surface area (Å²) in [5.74, 6) is -1.64. The zero-order chi connectivity index (χ0) is 17.0. The molecule has 0 heterocycles. The first-order chi connectivity index (χ1) is 9.86. The molecule has 4 nitrogen and oxygen atoms in total. The van der Waals surface area contributed by atoms with Crippen LogP contribution in [0.2, 0.25) is 0 Å². The van der Waals surface area contributed by atoms with E-state index in [0.29, 0.717) is 12.8 Å². The molecule has 3 fully saturated rings. The van der Waals surface area contributed by atoms with Crippen LogP contribution in [0.1, 0.15) is 40.0 Å². The van der Waals surface area contributed by atoms with Crippen LogP contribution in [0.4, 0.5) is 17.6 Å². The normalized spacial score (nSPS) is 36.2. The van der Waals surface area contributed by atoms with E-state index in [2.05, 4.69) is 18.2 Å². The number of carbonyl (C=O) groups excluding carboxylic acids is 1. The summed E-state index contributed by atoms with van der Waals surface area (Å²) >= 11 is -1.02. The summed E-state index contributed by atoms with van der Waals surface area (Å²) in [7, 11) is 0. The maximum absolute atomic E-state index is 14.0. The fourth-order valence-electron chi connectivity index (χ4n) is 3.56. The SMILES string of the molecule is CC1(OC(=O)C(F)(SOO)C(F)(F)F)CC2CC(C1)C2(C)C. The average Bonchev–Trinajstić information content (AvgIpc) is 2.36. The van der Waals surface area contributed by atoms with Gasteiger partial charge in [0.2, 0.25) is 0 Å². The molecule has 0 amide bonds. The van der Waals surface area contributed by atoms with Gasteiger partial charge in [-0.3, -0.25) is 0 Å². The third-order valence-corrected chi connectivity index (χ3v) is 5.85. The Labute approximate surface area is 129 Å². The zero-order valence-electron chi connectivity index (χ0n) is 12.4. The van der Waals surface area contributed by atoms with Gasteiger partial charge in [-0.05, 0) is 43.4 Å². The topological polar surface area (TPSA) is 55.8 Å². The van der Waals surface area contributed by atoms with Crippen molar-refractivity contribution in [2.45, 2.75) is 56.8 Å². The molecule has 0 radical (unpaired) electrons. The predicted molar refractivity (Wildman–Crippen MR) is 70.3 cm³/mol. The summed E-state index contributed by atoms with van der Waals surface area (Å²) in [5, 5.41) is 3.66. The van der Waals surface area contributed by atoms with Crippen LogP contribution in [0.15, 0.2) is 0 Å². The van der Waals surface area contributed by atoms with Gasteiger partial charge in [-0.15, -0.1) is 0 Å². The van der Waals surface area contributed by atoms with Crippen molar-refractivity contribution in [3.63, 3.8) is 0 Å². The van der Waals surface area contributed by atoms with E-state index in [1.54, 1.807) is 0 Å². The molecule has 128 valence electrons. The molecule has 0 saturated heterocycles. The molecule has 2 bridgehead atoms. The van der Waals surface area contributed by atoms with Gasteiger partial charge in [0, 0.05) is 0 Å². The van der Waals surface area contributed by atoms with Crippen LogP contribution >= 0.6 is 12.0 Å². The number of ether oxygens (including phenoxy) is 1. The van der Waals surface area contributed by atoms with Crippen LogP contribution in [-0.4, -0.2) is 28.0 Å². The average molecular weight is 346 g/mol. The van der Waals surface area contributed by atoms with Gasteiger partial charge in [0.1, 0.15) is 5.60 Å². The third kappa shape index (κ3) is 2.71. The van der Waals surface area contributed by atoms with Crippen LogP contribution in [0, 0.1) is 17.3 Å². The molecular weight excluding hydrogens is 328 g/mol. The fourth-order valence-corrected chi connectivity index (χ4v) is 3.87. The molecule has 3 aliphatic rings. The van der Waals surface area contributed by atoms with Crippen molar-refractivity contribution in [3.05, 3.63) is 0 Å². The first-order valence-corrected chi connectivity index (χ1v) is 7.58. The summed E-state index contributed by atoms with van der Waals surface area (Å²) < 4.78 is 60.2. The second kappa shape index (κ2) is 5.24. The summed E-state index contributed by atoms with van der Waals surface area (Å²) in [5.41, 5.74) is -1.08. The van der Waals surface area contributed by atoms with Crippen molar-refractivity contribution < 1.29 is 36.7 Å². The van der Waals surface area contributed by atoms with Crippen LogP contribution in [0.5, 0.6) is 0 Å². The molecule has 3 aliphatic carbocycles. The number of esters is 1. The number of fused-ring (bicyclic) bond motifs is 2. The molecular formula is C13H18F4O4S. The monoisotopic (exact) mass is 346 g/mol. The van der Waals surface area contributed by atoms with Crippen molar-refractivity contribution in [2.75, 3.05) is 0 Å². The van der Waals surface area contributed by atoms with Crippen LogP contribution in [0.25, 0.3) is 0 Å². The van der Waals surface area contributed by atoms with Crippen molar-refractivity contribution in [1.29, 1.82) is 0 Å². The Balaban J connectivity index is 2.11. The highest BCUT2D eigenvalue weighted by atomic mass is 32.2. The van der Waals surface area contributed by atoms with E-state index in [0.717, 1.165) is 6.42 Å². The van der Waals surface area contributed by atoms with E-state index in [4.69, 9.17) is 9.99 Å². The van der Waals surface area contributed by atoms with Gasteiger partial charge in [0.25, 0.3) is 0 Å². The van der Waals surface area contributed by atoms with Crippen molar-refractivity contribution in [2.24, 2.45) is 17.3 Å². The smallest absolute Gasteiger partial charge is 0.446 e. The Kier molecular flexibility index (Phi) is 4.24. The van der Waals surface area contributed by atoms with E-state index < -0.39 is 34.8 Å². The number of halogens is 4. The largest absolute Gasteiger partial charge is 0.456 e. The first kappa shape index (κ1) is 17.8. The maximum atomic E-state index is 14.0. The molecule has 0 aromatic heterocycles. The molecule has 0 aliphatic heterocycles. The van der Waals surface area contributed by atoms with Gasteiger partial charge in [-0.1, -0.05) is 13.8 Å². The molecule has 0 aromatic carbocycles. The maximum Gasteiger partial charge on any atom is 0.446 e. The van der Waals surface area contributed by atoms with E-state index >= 15 is 0 Å². The lowest BCUT2D eigenvalue weighted by Gasteiger charge is -2.61. The minimum atomic E-state index is -5.56. The summed E-state index contributed by atoms with van der Waals surface area (Å²) in [6.07, 6.45) is -3.85. The van der Waals surface area contributed by atoms with Crippen LogP contribution < -0.4 is 0 Å². The highest BCUT2D eigenvalue weighted by Crippen LogP contribution is 2.62. The third-order valence-electron chi connectivity index (χ3n) is 5.15. The Morgan fingerprint density at radius 2 is 1.68 bits per heavy atom. The van der Waals surface area contributed by atoms with Crippen LogP contribution in [-0.2, 0) is 13.9 Å². The van der Waals surface area contributed by atoms with E-state index in [-0.39, 0.29) is 17.3 Å². The van der Waals surface area contributed by atoms with Gasteiger partial charge in [-0.25, -0.2) is 14.4 Å². The van der Waals surface area contributed by atoms with E-state index in [1.807, 2.05) is 0 Å². The Morgan fingerprint density at radius 3 is 2.05 bits per heavy atom. The molecule has 3 saturated carbocycles. The van der Waals surface area contributed by atoms with Gasteiger partial charge in [0.15, 0.2) is 0 Å². The summed E-state index contributed by atoms with van der Waals surface area (Å²) in [6, 6.07) is 0. The lowest BCUT2D eigenvalue weighted by Crippen LogP contribution is -2.59. The number of hydrogen-bond acceptors (Lipinski definition) is 5. The molecule has 0 spiro atoms. The minimum absolute atomic E-state index is 0.0612. The quantitative estimate of drug-likeness (QED) is 0.273. The molecule has 9 heteroatoms. The highest BCUT2D eigenvalue weighted by Gasteiger charge is 2.67. The Hall–Kier alpha value is -0.540. The van der Waals surface area contributed by atoms with Crippen molar-refractivity contribution in [3.8, 4) is 0 Å². The molecule has 3 atom stereocenters. The lowest BCUT2D eigenvalue weighted by molar-refractivity contribution is -0.236. The fraction of sp³-hybridized carbons (Fsp3) is 0.923. The number of carbonyl (C=O) groups is 1. The van der Waals surface area contributed by atoms with Gasteiger partial charge in [-0.2, -0.15) is 17.5 Å². The second-order valence-electron chi connectivity index (χ2n) is 6.95. The molecule has 3 unspecified atom stereocenters. The lowest BCUT2D eigenvalue weighted by atomic mass is 9.46. The minimum Gasteiger partial charge on any atom is -0.456 e. The van der Waals surface area contributed by atoms with Crippen molar-refractivity contribution >= 4 is 18.0 Å². The Morgan fingerprint density at radius 1 is 1.18 bits per heavy atom. The molecule has 22 heavy (non-hydrogen) atoms. The van der Waals surface area contributed by atoms with Crippen molar-refractivity contribution in [1.82, 2.24) is 0 Å². The van der Waals surface area contributed by atoms with Gasteiger partial charge in [0.05, 0.1) is 12.0 Å². The number of hydrogen-bond donors (Lipinski definition) is 1. The Bertz CT molecular complexity index is 453. The van der Waals surface area contributed by atoms with Crippen LogP contribution in [0.3, 0.4) is 0 Å². The highest BCUT2D eigenvalue weighted by molar-refractivity contribution is 7.96. The van der Waals surface area contributed by atoms with Gasteiger partial charge < -0.3 is 4.74 Å². The van der Waals surface area contributed by atoms with E-state index in [9.17, 15) is 22.4 Å². The number of alkyl halides is 4. The summed E-state index contributed by atoms with van der Waals surface area (Å²) in [4.78, 5) is 11.7. The second-order valence-corrected chi connectivity index (χ2v) is 7.83.